The first-order valence-corrected chi connectivity index (χ1v) is 11.7. The van der Waals surface area contributed by atoms with E-state index in [1.165, 1.54) is 0 Å². The highest BCUT2D eigenvalue weighted by Crippen LogP contribution is 2.30. The van der Waals surface area contributed by atoms with Gasteiger partial charge in [-0.05, 0) is 43.7 Å². The lowest BCUT2D eigenvalue weighted by Gasteiger charge is -2.26. The van der Waals surface area contributed by atoms with Gasteiger partial charge in [-0.1, -0.05) is 6.07 Å². The summed E-state index contributed by atoms with van der Waals surface area (Å²) in [5, 5.41) is 3.64. The van der Waals surface area contributed by atoms with Gasteiger partial charge in [0.15, 0.2) is 11.6 Å². The first kappa shape index (κ1) is 23.1. The van der Waals surface area contributed by atoms with Crippen LogP contribution in [-0.2, 0) is 4.74 Å². The van der Waals surface area contributed by atoms with Gasteiger partial charge in [0.1, 0.15) is 5.75 Å². The second-order valence-corrected chi connectivity index (χ2v) is 8.42. The Morgan fingerprint density at radius 3 is 2.91 bits per heavy atom. The molecule has 0 bridgehead atoms. The van der Waals surface area contributed by atoms with E-state index in [1.54, 1.807) is 30.5 Å². The number of H-pyrrole nitrogens is 1. The summed E-state index contributed by atoms with van der Waals surface area (Å²) < 4.78 is 31.9. The lowest BCUT2D eigenvalue weighted by atomic mass is 10.2. The molecule has 2 aromatic heterocycles. The van der Waals surface area contributed by atoms with Crippen molar-refractivity contribution >= 4 is 22.5 Å². The molecule has 0 aliphatic carbocycles. The number of rotatable bonds is 9. The fourth-order valence-electron chi connectivity index (χ4n) is 4.03. The number of benzene rings is 2. The first-order valence-electron chi connectivity index (χ1n) is 11.7. The number of hydrogen-bond donors (Lipinski definition) is 2. The SMILES string of the molecule is Cc1cc2c(F)c(Oc3ccnc(Nc4cccc(OCCCN5CCOCC5)c4)n3)ccc2[nH]1. The van der Waals surface area contributed by atoms with Crippen LogP contribution in [0.3, 0.4) is 0 Å². The molecule has 5 rings (SSSR count). The van der Waals surface area contributed by atoms with Crippen molar-refractivity contribution in [2.24, 2.45) is 0 Å². The number of ether oxygens (including phenoxy) is 3. The van der Waals surface area contributed by atoms with Gasteiger partial charge in [0.25, 0.3) is 0 Å². The Labute approximate surface area is 203 Å². The molecule has 2 aromatic carbocycles. The van der Waals surface area contributed by atoms with Crippen LogP contribution in [0, 0.1) is 12.7 Å². The molecule has 1 saturated heterocycles. The van der Waals surface area contributed by atoms with E-state index in [2.05, 4.69) is 25.2 Å². The normalized spacial score (nSPS) is 14.2. The molecule has 182 valence electrons. The number of halogens is 1. The van der Waals surface area contributed by atoms with Crippen molar-refractivity contribution in [3.05, 3.63) is 66.2 Å². The highest BCUT2D eigenvalue weighted by molar-refractivity contribution is 5.82. The molecule has 0 unspecified atom stereocenters. The minimum Gasteiger partial charge on any atom is -0.493 e. The summed E-state index contributed by atoms with van der Waals surface area (Å²) in [7, 11) is 0. The molecule has 8 nitrogen and oxygen atoms in total. The Bertz CT molecular complexity index is 1290. The molecular weight excluding hydrogens is 449 g/mol. The molecule has 4 aromatic rings. The van der Waals surface area contributed by atoms with E-state index >= 15 is 0 Å². The van der Waals surface area contributed by atoms with E-state index < -0.39 is 5.82 Å². The third-order valence-corrected chi connectivity index (χ3v) is 5.76. The van der Waals surface area contributed by atoms with Gasteiger partial charge < -0.3 is 24.5 Å². The summed E-state index contributed by atoms with van der Waals surface area (Å²) in [5.74, 6) is 1.02. The summed E-state index contributed by atoms with van der Waals surface area (Å²) in [4.78, 5) is 14.1. The monoisotopic (exact) mass is 477 g/mol. The number of morpholine rings is 1. The van der Waals surface area contributed by atoms with Crippen molar-refractivity contribution in [2.45, 2.75) is 13.3 Å². The fourth-order valence-corrected chi connectivity index (χ4v) is 4.03. The average Bonchev–Trinajstić information content (AvgIpc) is 3.26. The van der Waals surface area contributed by atoms with E-state index in [9.17, 15) is 4.39 Å². The van der Waals surface area contributed by atoms with Gasteiger partial charge in [-0.15, -0.1) is 0 Å². The van der Waals surface area contributed by atoms with Crippen molar-refractivity contribution in [2.75, 3.05) is 44.8 Å². The van der Waals surface area contributed by atoms with Crippen molar-refractivity contribution in [3.63, 3.8) is 0 Å². The second kappa shape index (κ2) is 10.7. The molecule has 2 N–H and O–H groups in total. The number of aromatic amines is 1. The molecule has 1 aliphatic rings. The summed E-state index contributed by atoms with van der Waals surface area (Å²) in [6.07, 6.45) is 2.51. The molecule has 1 fully saturated rings. The maximum atomic E-state index is 14.9. The minimum atomic E-state index is -0.432. The Hall–Kier alpha value is -3.69. The van der Waals surface area contributed by atoms with Crippen molar-refractivity contribution in [3.8, 4) is 17.4 Å². The van der Waals surface area contributed by atoms with Crippen LogP contribution in [0.25, 0.3) is 10.9 Å². The van der Waals surface area contributed by atoms with Gasteiger partial charge in [0, 0.05) is 60.2 Å². The van der Waals surface area contributed by atoms with Gasteiger partial charge in [-0.2, -0.15) is 4.98 Å². The summed E-state index contributed by atoms with van der Waals surface area (Å²) in [6, 6.07) is 14.3. The Morgan fingerprint density at radius 2 is 2.03 bits per heavy atom. The number of nitrogens with one attached hydrogen (secondary N) is 2. The molecule has 9 heteroatoms. The van der Waals surface area contributed by atoms with E-state index in [0.717, 1.165) is 61.9 Å². The molecule has 1 aliphatic heterocycles. The standard InChI is InChI=1S/C26H28FN5O3/c1-18-16-21-22(29-18)6-7-23(25(21)27)35-24-8-9-28-26(31-24)30-19-4-2-5-20(17-19)34-13-3-10-32-11-14-33-15-12-32/h2,4-9,16-17,29H,3,10-15H2,1H3,(H,28,30,31). The average molecular weight is 478 g/mol. The number of anilines is 2. The molecular formula is C26H28FN5O3. The fraction of sp³-hybridized carbons (Fsp3) is 0.308. The molecule has 3 heterocycles. The summed E-state index contributed by atoms with van der Waals surface area (Å²) >= 11 is 0. The zero-order chi connectivity index (χ0) is 24.0. The van der Waals surface area contributed by atoms with Crippen LogP contribution in [0.2, 0.25) is 0 Å². The maximum absolute atomic E-state index is 14.9. The van der Waals surface area contributed by atoms with Gasteiger partial charge >= 0.3 is 0 Å². The Kier molecular flexibility index (Phi) is 7.06. The van der Waals surface area contributed by atoms with Crippen LogP contribution in [0.15, 0.2) is 54.7 Å². The lowest BCUT2D eigenvalue weighted by Crippen LogP contribution is -2.37. The molecule has 0 atom stereocenters. The van der Waals surface area contributed by atoms with Crippen molar-refractivity contribution < 1.29 is 18.6 Å². The van der Waals surface area contributed by atoms with Gasteiger partial charge in [0.05, 0.1) is 19.8 Å². The lowest BCUT2D eigenvalue weighted by molar-refractivity contribution is 0.0358. The minimum absolute atomic E-state index is 0.105. The number of aromatic nitrogens is 3. The zero-order valence-electron chi connectivity index (χ0n) is 19.6. The number of fused-ring (bicyclic) bond motifs is 1. The summed E-state index contributed by atoms with van der Waals surface area (Å²) in [5.41, 5.74) is 2.39. The van der Waals surface area contributed by atoms with E-state index in [-0.39, 0.29) is 11.6 Å². The number of nitrogens with zero attached hydrogens (tertiary/aromatic N) is 3. The van der Waals surface area contributed by atoms with E-state index in [0.29, 0.717) is 17.9 Å². The predicted octanol–water partition coefficient (Wildman–Crippen LogP) is 5.04. The molecule has 0 radical (unpaired) electrons. The topological polar surface area (TPSA) is 84.5 Å². The zero-order valence-corrected chi connectivity index (χ0v) is 19.6. The molecule has 0 spiro atoms. The Morgan fingerprint density at radius 1 is 1.14 bits per heavy atom. The Balaban J connectivity index is 1.19. The molecule has 0 amide bonds. The van der Waals surface area contributed by atoms with E-state index in [4.69, 9.17) is 14.2 Å². The maximum Gasteiger partial charge on any atom is 0.230 e. The summed E-state index contributed by atoms with van der Waals surface area (Å²) in [6.45, 7) is 7.09. The van der Waals surface area contributed by atoms with Crippen LogP contribution >= 0.6 is 0 Å². The van der Waals surface area contributed by atoms with E-state index in [1.807, 2.05) is 31.2 Å². The third-order valence-electron chi connectivity index (χ3n) is 5.76. The second-order valence-electron chi connectivity index (χ2n) is 8.42. The van der Waals surface area contributed by atoms with Crippen molar-refractivity contribution in [1.29, 1.82) is 0 Å². The molecule has 0 saturated carbocycles. The van der Waals surface area contributed by atoms with Crippen LogP contribution in [0.1, 0.15) is 12.1 Å². The number of aryl methyl sites for hydroxylation is 1. The largest absolute Gasteiger partial charge is 0.493 e. The van der Waals surface area contributed by atoms with Crippen LogP contribution in [-0.4, -0.2) is 59.3 Å². The third kappa shape index (κ3) is 5.87. The quantitative estimate of drug-likeness (QED) is 0.327. The molecule has 35 heavy (non-hydrogen) atoms. The van der Waals surface area contributed by atoms with Crippen molar-refractivity contribution in [1.82, 2.24) is 19.9 Å². The van der Waals surface area contributed by atoms with Gasteiger partial charge in [-0.3, -0.25) is 4.90 Å². The predicted molar refractivity (Wildman–Crippen MR) is 132 cm³/mol. The van der Waals surface area contributed by atoms with Crippen LogP contribution in [0.4, 0.5) is 16.0 Å². The van der Waals surface area contributed by atoms with Gasteiger partial charge in [-0.25, -0.2) is 9.37 Å². The van der Waals surface area contributed by atoms with Crippen LogP contribution < -0.4 is 14.8 Å². The smallest absolute Gasteiger partial charge is 0.230 e. The van der Waals surface area contributed by atoms with Crippen LogP contribution in [0.5, 0.6) is 17.4 Å². The highest BCUT2D eigenvalue weighted by atomic mass is 19.1. The van der Waals surface area contributed by atoms with Gasteiger partial charge in [0.2, 0.25) is 11.8 Å². The highest BCUT2D eigenvalue weighted by Gasteiger charge is 2.13. The first-order chi connectivity index (χ1) is 17.1. The number of hydrogen-bond acceptors (Lipinski definition) is 7.